The van der Waals surface area contributed by atoms with Gasteiger partial charge >= 0.3 is 0 Å². The summed E-state index contributed by atoms with van der Waals surface area (Å²) in [5, 5.41) is 0. The molecular formula is C16H24N4O3S. The predicted octanol–water partition coefficient (Wildman–Crippen LogP) is 0.328. The van der Waals surface area contributed by atoms with Crippen molar-refractivity contribution in [1.29, 1.82) is 0 Å². The van der Waals surface area contributed by atoms with Gasteiger partial charge in [-0.1, -0.05) is 6.92 Å². The highest BCUT2D eigenvalue weighted by molar-refractivity contribution is 7.91. The molecule has 1 amide bonds. The molecule has 3 heterocycles. The average molecular weight is 352 g/mol. The summed E-state index contributed by atoms with van der Waals surface area (Å²) >= 11 is 0. The quantitative estimate of drug-likeness (QED) is 0.847. The first kappa shape index (κ1) is 16.1. The van der Waals surface area contributed by atoms with Gasteiger partial charge in [-0.3, -0.25) is 9.69 Å². The number of carbonyl (C=O) groups is 1. The van der Waals surface area contributed by atoms with Crippen molar-refractivity contribution in [1.82, 2.24) is 19.8 Å². The van der Waals surface area contributed by atoms with Gasteiger partial charge in [-0.15, -0.1) is 0 Å². The molecule has 0 aromatic carbocycles. The zero-order valence-corrected chi connectivity index (χ0v) is 15.0. The number of H-pyrrole nitrogens is 1. The smallest absolute Gasteiger partial charge is 0.228 e. The number of piperazine rings is 1. The maximum Gasteiger partial charge on any atom is 0.228 e. The summed E-state index contributed by atoms with van der Waals surface area (Å²) in [7, 11) is -3.11. The topological polar surface area (TPSA) is 86.4 Å². The normalized spacial score (nSPS) is 31.0. The summed E-state index contributed by atoms with van der Waals surface area (Å²) in [6.07, 6.45) is 3.51. The third kappa shape index (κ3) is 2.65. The van der Waals surface area contributed by atoms with Crippen molar-refractivity contribution in [2.24, 2.45) is 5.41 Å². The van der Waals surface area contributed by atoms with Crippen LogP contribution in [0.2, 0.25) is 0 Å². The molecule has 3 aliphatic rings. The van der Waals surface area contributed by atoms with E-state index in [0.29, 0.717) is 19.6 Å². The minimum Gasteiger partial charge on any atom is -0.348 e. The van der Waals surface area contributed by atoms with Crippen molar-refractivity contribution in [3.05, 3.63) is 17.7 Å². The Morgan fingerprint density at radius 2 is 2.04 bits per heavy atom. The van der Waals surface area contributed by atoms with E-state index in [1.807, 2.05) is 18.7 Å². The Balaban J connectivity index is 1.58. The van der Waals surface area contributed by atoms with Crippen LogP contribution in [0.5, 0.6) is 0 Å². The zero-order chi connectivity index (χ0) is 17.1. The van der Waals surface area contributed by atoms with Gasteiger partial charge < -0.3 is 9.88 Å². The summed E-state index contributed by atoms with van der Waals surface area (Å²) in [5.41, 5.74) is 1.71. The fourth-order valence-corrected chi connectivity index (χ4v) is 5.97. The summed E-state index contributed by atoms with van der Waals surface area (Å²) < 4.78 is 24.5. The number of hydrogen-bond donors (Lipinski definition) is 1. The van der Waals surface area contributed by atoms with Crippen LogP contribution in [0.25, 0.3) is 0 Å². The monoisotopic (exact) mass is 352 g/mol. The molecule has 2 aliphatic heterocycles. The third-order valence-corrected chi connectivity index (χ3v) is 7.55. The lowest BCUT2D eigenvalue weighted by atomic mass is 10.00. The minimum atomic E-state index is -3.11. The van der Waals surface area contributed by atoms with E-state index in [1.165, 1.54) is 0 Å². The first-order valence-corrected chi connectivity index (χ1v) is 10.4. The second kappa shape index (κ2) is 5.29. The summed E-state index contributed by atoms with van der Waals surface area (Å²) in [4.78, 5) is 24.3. The van der Waals surface area contributed by atoms with Crippen LogP contribution < -0.4 is 0 Å². The van der Waals surface area contributed by atoms with Crippen molar-refractivity contribution < 1.29 is 13.2 Å². The van der Waals surface area contributed by atoms with Crippen LogP contribution in [0.15, 0.2) is 6.33 Å². The molecule has 132 valence electrons. The molecule has 1 aromatic heterocycles. The molecule has 1 aliphatic carbocycles. The van der Waals surface area contributed by atoms with Gasteiger partial charge in [0.2, 0.25) is 5.91 Å². The van der Waals surface area contributed by atoms with Crippen molar-refractivity contribution >= 4 is 15.7 Å². The molecule has 2 atom stereocenters. The Morgan fingerprint density at radius 1 is 1.33 bits per heavy atom. The van der Waals surface area contributed by atoms with Gasteiger partial charge in [0, 0.05) is 36.8 Å². The lowest BCUT2D eigenvalue weighted by Gasteiger charge is -2.44. The highest BCUT2D eigenvalue weighted by Gasteiger charge is 2.54. The summed E-state index contributed by atoms with van der Waals surface area (Å²) in [5.74, 6) is 0.377. The van der Waals surface area contributed by atoms with E-state index in [4.69, 9.17) is 0 Å². The lowest BCUT2D eigenvalue weighted by Crippen LogP contribution is -2.61. The summed E-state index contributed by atoms with van der Waals surface area (Å²) in [6, 6.07) is -0.334. The number of amides is 1. The van der Waals surface area contributed by atoms with E-state index in [9.17, 15) is 13.2 Å². The van der Waals surface area contributed by atoms with Gasteiger partial charge in [0.15, 0.2) is 9.84 Å². The van der Waals surface area contributed by atoms with Crippen LogP contribution in [-0.2, 0) is 21.2 Å². The molecule has 1 N–H and O–H groups in total. The van der Waals surface area contributed by atoms with Crippen molar-refractivity contribution in [2.75, 3.05) is 24.6 Å². The van der Waals surface area contributed by atoms with E-state index in [-0.39, 0.29) is 34.9 Å². The SMILES string of the molecule is Cc1[nH]cnc1CN1CCN(C(=O)C2(C)CC2)[C@@H]2CS(=O)(=O)C[C@@H]21. The largest absolute Gasteiger partial charge is 0.348 e. The Bertz CT molecular complexity index is 768. The number of aromatic amines is 1. The van der Waals surface area contributed by atoms with E-state index < -0.39 is 9.84 Å². The Kier molecular flexibility index (Phi) is 3.55. The predicted molar refractivity (Wildman–Crippen MR) is 89.0 cm³/mol. The second-order valence-corrected chi connectivity index (χ2v) is 9.87. The van der Waals surface area contributed by atoms with Gasteiger partial charge in [0.05, 0.1) is 29.6 Å². The number of rotatable bonds is 3. The Labute approximate surface area is 142 Å². The molecule has 3 fully saturated rings. The maximum absolute atomic E-state index is 12.8. The lowest BCUT2D eigenvalue weighted by molar-refractivity contribution is -0.142. The molecule has 24 heavy (non-hydrogen) atoms. The number of nitrogens with one attached hydrogen (secondary N) is 1. The van der Waals surface area contributed by atoms with E-state index >= 15 is 0 Å². The highest BCUT2D eigenvalue weighted by Crippen LogP contribution is 2.47. The average Bonchev–Trinajstić information content (AvgIpc) is 3.00. The molecular weight excluding hydrogens is 328 g/mol. The molecule has 0 unspecified atom stereocenters. The molecule has 0 spiro atoms. The third-order valence-electron chi connectivity index (χ3n) is 5.86. The van der Waals surface area contributed by atoms with E-state index in [2.05, 4.69) is 14.9 Å². The molecule has 7 nitrogen and oxygen atoms in total. The molecule has 0 radical (unpaired) electrons. The van der Waals surface area contributed by atoms with Gasteiger partial charge in [-0.2, -0.15) is 0 Å². The number of aryl methyl sites for hydroxylation is 1. The van der Waals surface area contributed by atoms with Gasteiger partial charge in [-0.05, 0) is 19.8 Å². The maximum atomic E-state index is 12.8. The Morgan fingerprint density at radius 3 is 2.67 bits per heavy atom. The molecule has 1 aromatic rings. The van der Waals surface area contributed by atoms with Gasteiger partial charge in [0.1, 0.15) is 0 Å². The molecule has 2 saturated heterocycles. The molecule has 1 saturated carbocycles. The number of carbonyl (C=O) groups excluding carboxylic acids is 1. The molecule has 0 bridgehead atoms. The number of fused-ring (bicyclic) bond motifs is 1. The van der Waals surface area contributed by atoms with Gasteiger partial charge in [-0.25, -0.2) is 13.4 Å². The van der Waals surface area contributed by atoms with E-state index in [0.717, 1.165) is 24.2 Å². The highest BCUT2D eigenvalue weighted by atomic mass is 32.2. The van der Waals surface area contributed by atoms with E-state index in [1.54, 1.807) is 6.33 Å². The first-order chi connectivity index (χ1) is 11.3. The zero-order valence-electron chi connectivity index (χ0n) is 14.2. The van der Waals surface area contributed by atoms with Crippen LogP contribution in [0, 0.1) is 12.3 Å². The standard InChI is InChI=1S/C16H24N4O3S/c1-11-12(18-10-17-11)7-19-5-6-20(15(21)16(2)3-4-16)14-9-24(22,23)8-13(14)19/h10,13-14H,3-9H2,1-2H3,(H,17,18)/t13-,14+/m0/s1. The van der Waals surface area contributed by atoms with Gasteiger partial charge in [0.25, 0.3) is 0 Å². The molecule has 8 heteroatoms. The fourth-order valence-electron chi connectivity index (χ4n) is 3.96. The molecule has 4 rings (SSSR count). The van der Waals surface area contributed by atoms with Crippen molar-refractivity contribution in [2.45, 2.75) is 45.3 Å². The number of nitrogens with zero attached hydrogens (tertiary/aromatic N) is 3. The van der Waals surface area contributed by atoms with Crippen LogP contribution in [0.1, 0.15) is 31.2 Å². The second-order valence-electron chi connectivity index (χ2n) is 7.72. The number of imidazole rings is 1. The Hall–Kier alpha value is -1.41. The number of hydrogen-bond acceptors (Lipinski definition) is 5. The number of sulfone groups is 1. The van der Waals surface area contributed by atoms with Crippen LogP contribution in [0.3, 0.4) is 0 Å². The summed E-state index contributed by atoms with van der Waals surface area (Å²) in [6.45, 7) is 5.90. The van der Waals surface area contributed by atoms with Crippen molar-refractivity contribution in [3.8, 4) is 0 Å². The fraction of sp³-hybridized carbons (Fsp3) is 0.750. The van der Waals surface area contributed by atoms with Crippen molar-refractivity contribution in [3.63, 3.8) is 0 Å². The van der Waals surface area contributed by atoms with Crippen LogP contribution in [0.4, 0.5) is 0 Å². The van der Waals surface area contributed by atoms with Crippen LogP contribution >= 0.6 is 0 Å². The number of aromatic nitrogens is 2. The first-order valence-electron chi connectivity index (χ1n) is 8.53. The van der Waals surface area contributed by atoms with Crippen LogP contribution in [-0.4, -0.2) is 70.8 Å². The minimum absolute atomic E-state index is 0.0928.